The summed E-state index contributed by atoms with van der Waals surface area (Å²) in [5.41, 5.74) is 2.25. The fourth-order valence-corrected chi connectivity index (χ4v) is 4.50. The summed E-state index contributed by atoms with van der Waals surface area (Å²) in [5.74, 6) is -0.184. The van der Waals surface area contributed by atoms with Crippen LogP contribution in [-0.2, 0) is 4.79 Å². The van der Waals surface area contributed by atoms with Crippen molar-refractivity contribution in [2.24, 2.45) is 0 Å². The summed E-state index contributed by atoms with van der Waals surface area (Å²) in [4.78, 5) is 22.5. The minimum atomic E-state index is -1.02. The molecule has 0 spiro atoms. The van der Waals surface area contributed by atoms with Crippen molar-refractivity contribution in [3.8, 4) is 11.5 Å². The van der Waals surface area contributed by atoms with E-state index < -0.39 is 10.9 Å². The van der Waals surface area contributed by atoms with Crippen LogP contribution in [0.2, 0.25) is 0 Å². The van der Waals surface area contributed by atoms with E-state index in [9.17, 15) is 20.0 Å². The molecule has 3 aromatic carbocycles. The number of halogens is 2. The fourth-order valence-electron chi connectivity index (χ4n) is 3.15. The maximum Gasteiger partial charge on any atom is 0.336 e. The number of carboxylic acids is 1. The summed E-state index contributed by atoms with van der Waals surface area (Å²) in [7, 11) is 0. The van der Waals surface area contributed by atoms with Gasteiger partial charge in [-0.25, -0.2) is 4.79 Å². The van der Waals surface area contributed by atoms with Crippen molar-refractivity contribution in [1.29, 1.82) is 0 Å². The molecule has 0 heterocycles. The first-order chi connectivity index (χ1) is 14.8. The Morgan fingerprint density at radius 2 is 1.58 bits per heavy atom. The minimum absolute atomic E-state index is 0.0370. The number of allylic oxidation sites excluding steroid dienone is 1. The number of hydrogen-bond donors (Lipinski definition) is 1. The average molecular weight is 547 g/mol. The van der Waals surface area contributed by atoms with Crippen LogP contribution in [0.3, 0.4) is 0 Å². The molecule has 0 bridgehead atoms. The van der Waals surface area contributed by atoms with E-state index in [-0.39, 0.29) is 11.3 Å². The fraction of sp³-hybridized carbons (Fsp3) is 0.0870. The van der Waals surface area contributed by atoms with E-state index >= 15 is 0 Å². The third kappa shape index (κ3) is 5.21. The monoisotopic (exact) mass is 545 g/mol. The number of nitro benzene ring substituents is 1. The molecule has 0 saturated carbocycles. The third-order valence-electron chi connectivity index (χ3n) is 4.55. The molecule has 8 heteroatoms. The van der Waals surface area contributed by atoms with Crippen molar-refractivity contribution in [3.63, 3.8) is 0 Å². The number of hydrogen-bond acceptors (Lipinski definition) is 4. The lowest BCUT2D eigenvalue weighted by Gasteiger charge is -2.15. The van der Waals surface area contributed by atoms with E-state index in [2.05, 4.69) is 31.9 Å². The number of ether oxygens (including phenoxy) is 1. The highest BCUT2D eigenvalue weighted by molar-refractivity contribution is 9.11. The topological polar surface area (TPSA) is 89.7 Å². The smallest absolute Gasteiger partial charge is 0.336 e. The normalized spacial score (nSPS) is 11.6. The molecule has 0 fully saturated rings. The Morgan fingerprint density at radius 3 is 2.06 bits per heavy atom. The van der Waals surface area contributed by atoms with Gasteiger partial charge in [0, 0.05) is 12.1 Å². The zero-order chi connectivity index (χ0) is 22.5. The van der Waals surface area contributed by atoms with Gasteiger partial charge in [0.05, 0.1) is 19.4 Å². The highest BCUT2D eigenvalue weighted by Crippen LogP contribution is 2.41. The van der Waals surface area contributed by atoms with Crippen LogP contribution >= 0.6 is 31.9 Å². The molecule has 3 aromatic rings. The number of aliphatic carboxylic acids is 1. The van der Waals surface area contributed by atoms with E-state index in [1.165, 1.54) is 24.3 Å². The summed E-state index contributed by atoms with van der Waals surface area (Å²) >= 11 is 6.92. The summed E-state index contributed by atoms with van der Waals surface area (Å²) in [6.07, 6.45) is 0.544. The van der Waals surface area contributed by atoms with Crippen LogP contribution in [0.5, 0.6) is 11.5 Å². The quantitative estimate of drug-likeness (QED) is 0.145. The molecule has 1 N–H and O–H groups in total. The molecule has 0 saturated heterocycles. The van der Waals surface area contributed by atoms with Crippen LogP contribution in [0.4, 0.5) is 5.69 Å². The first-order valence-corrected chi connectivity index (χ1v) is 10.8. The lowest BCUT2D eigenvalue weighted by Crippen LogP contribution is -2.04. The van der Waals surface area contributed by atoms with Crippen LogP contribution in [-0.4, -0.2) is 16.0 Å². The van der Waals surface area contributed by atoms with Gasteiger partial charge >= 0.3 is 5.97 Å². The maximum absolute atomic E-state index is 12.2. The minimum Gasteiger partial charge on any atom is -0.478 e. The predicted octanol–water partition coefficient (Wildman–Crippen LogP) is 7.32. The van der Waals surface area contributed by atoms with Gasteiger partial charge in [-0.15, -0.1) is 0 Å². The summed E-state index contributed by atoms with van der Waals surface area (Å²) in [6, 6.07) is 18.5. The molecule has 0 aromatic heterocycles. The molecular formula is C23H17Br2NO5. The number of nitro groups is 1. The standard InChI is InChI=1S/C23H17Br2NO5/c1-2-18(14-6-4-3-5-7-14)21(23(27)28)15-12-19(24)22(20(25)13-15)31-17-10-8-16(9-11-17)26(29)30/h3-13H,2H2,1H3,(H,27,28). The van der Waals surface area contributed by atoms with Crippen molar-refractivity contribution >= 4 is 54.7 Å². The first kappa shape index (κ1) is 22.7. The van der Waals surface area contributed by atoms with E-state index in [0.717, 1.165) is 11.1 Å². The lowest BCUT2D eigenvalue weighted by molar-refractivity contribution is -0.384. The van der Waals surface area contributed by atoms with Crippen LogP contribution in [0.15, 0.2) is 75.7 Å². The Hall–Kier alpha value is -2.97. The maximum atomic E-state index is 12.2. The molecular weight excluding hydrogens is 530 g/mol. The largest absolute Gasteiger partial charge is 0.478 e. The highest BCUT2D eigenvalue weighted by atomic mass is 79.9. The van der Waals surface area contributed by atoms with Crippen molar-refractivity contribution in [3.05, 3.63) is 96.9 Å². The first-order valence-electron chi connectivity index (χ1n) is 9.25. The molecule has 0 atom stereocenters. The van der Waals surface area contributed by atoms with Gasteiger partial charge in [-0.1, -0.05) is 37.3 Å². The summed E-state index contributed by atoms with van der Waals surface area (Å²) in [6.45, 7) is 1.92. The Balaban J connectivity index is 2.04. The van der Waals surface area contributed by atoms with Crippen molar-refractivity contribution in [1.82, 2.24) is 0 Å². The molecule has 158 valence electrons. The molecule has 0 aliphatic heterocycles. The van der Waals surface area contributed by atoms with Crippen LogP contribution < -0.4 is 4.74 Å². The Bertz CT molecular complexity index is 1140. The van der Waals surface area contributed by atoms with Crippen LogP contribution in [0, 0.1) is 10.1 Å². The number of benzene rings is 3. The number of non-ortho nitro benzene ring substituents is 1. The van der Waals surface area contributed by atoms with Gasteiger partial charge < -0.3 is 9.84 Å². The second-order valence-electron chi connectivity index (χ2n) is 6.50. The van der Waals surface area contributed by atoms with Crippen LogP contribution in [0.1, 0.15) is 24.5 Å². The Kier molecular flexibility index (Phi) is 7.25. The van der Waals surface area contributed by atoms with Gasteiger partial charge in [0.2, 0.25) is 0 Å². The third-order valence-corrected chi connectivity index (χ3v) is 5.72. The second-order valence-corrected chi connectivity index (χ2v) is 8.21. The van der Waals surface area contributed by atoms with Gasteiger partial charge in [-0.3, -0.25) is 10.1 Å². The molecule has 0 aliphatic rings. The molecule has 6 nitrogen and oxygen atoms in total. The molecule has 31 heavy (non-hydrogen) atoms. The van der Waals surface area contributed by atoms with E-state index in [0.29, 0.717) is 32.4 Å². The van der Waals surface area contributed by atoms with Crippen LogP contribution in [0.25, 0.3) is 11.1 Å². The average Bonchev–Trinajstić information content (AvgIpc) is 2.75. The number of rotatable bonds is 7. The Labute approximate surface area is 195 Å². The lowest BCUT2D eigenvalue weighted by atomic mass is 9.93. The van der Waals surface area contributed by atoms with Gasteiger partial charge in [0.25, 0.3) is 5.69 Å². The van der Waals surface area contributed by atoms with Crippen molar-refractivity contribution in [2.45, 2.75) is 13.3 Å². The predicted molar refractivity (Wildman–Crippen MR) is 126 cm³/mol. The zero-order valence-corrected chi connectivity index (χ0v) is 19.5. The molecule has 0 aliphatic carbocycles. The van der Waals surface area contributed by atoms with E-state index in [1.807, 2.05) is 37.3 Å². The molecule has 0 amide bonds. The van der Waals surface area contributed by atoms with Gasteiger partial charge in [0.1, 0.15) is 5.75 Å². The molecule has 0 unspecified atom stereocenters. The molecule has 3 rings (SSSR count). The van der Waals surface area contributed by atoms with E-state index in [1.54, 1.807) is 12.1 Å². The van der Waals surface area contributed by atoms with Crippen molar-refractivity contribution in [2.75, 3.05) is 0 Å². The van der Waals surface area contributed by atoms with E-state index in [4.69, 9.17) is 4.74 Å². The number of carbonyl (C=O) groups is 1. The summed E-state index contributed by atoms with van der Waals surface area (Å²) in [5, 5.41) is 20.8. The number of carboxylic acid groups (broad SMARTS) is 1. The second kappa shape index (κ2) is 9.89. The SMILES string of the molecule is CCC(=C(C(=O)O)c1cc(Br)c(Oc2ccc([N+](=O)[O-])cc2)c(Br)c1)c1ccccc1. The number of nitrogens with zero attached hydrogens (tertiary/aromatic N) is 1. The highest BCUT2D eigenvalue weighted by Gasteiger charge is 2.20. The van der Waals surface area contributed by atoms with Gasteiger partial charge in [0.15, 0.2) is 5.75 Å². The van der Waals surface area contributed by atoms with Gasteiger partial charge in [-0.2, -0.15) is 0 Å². The Morgan fingerprint density at radius 1 is 1.00 bits per heavy atom. The molecule has 0 radical (unpaired) electrons. The zero-order valence-electron chi connectivity index (χ0n) is 16.3. The van der Waals surface area contributed by atoms with Crippen molar-refractivity contribution < 1.29 is 19.6 Å². The summed E-state index contributed by atoms with van der Waals surface area (Å²) < 4.78 is 6.94. The van der Waals surface area contributed by atoms with Gasteiger partial charge in [-0.05, 0) is 79.2 Å².